The SMILES string of the molecule is O=S(=O)(N[C@@H]1CCN(Cc2ccc(-c3cncnc3)cc2)C1)c1cccc(C(F)(F)F)c1. The van der Waals surface area contributed by atoms with Crippen molar-refractivity contribution in [3.05, 3.63) is 78.4 Å². The molecule has 1 aliphatic rings. The molecule has 1 aromatic heterocycles. The molecule has 1 saturated heterocycles. The van der Waals surface area contributed by atoms with Crippen molar-refractivity contribution in [1.82, 2.24) is 19.6 Å². The van der Waals surface area contributed by atoms with Crippen LogP contribution in [0.15, 0.2) is 72.1 Å². The van der Waals surface area contributed by atoms with E-state index in [1.54, 1.807) is 12.4 Å². The van der Waals surface area contributed by atoms with Crippen molar-refractivity contribution in [3.63, 3.8) is 0 Å². The Morgan fingerprint density at radius 2 is 1.75 bits per heavy atom. The third-order valence-corrected chi connectivity index (χ3v) is 6.84. The van der Waals surface area contributed by atoms with Gasteiger partial charge >= 0.3 is 6.18 Å². The maximum Gasteiger partial charge on any atom is 0.416 e. The summed E-state index contributed by atoms with van der Waals surface area (Å²) < 4.78 is 66.5. The Hall–Kier alpha value is -2.82. The first kappa shape index (κ1) is 22.4. The van der Waals surface area contributed by atoms with Crippen LogP contribution in [-0.4, -0.2) is 42.4 Å². The van der Waals surface area contributed by atoms with Gasteiger partial charge in [-0.25, -0.2) is 23.1 Å². The lowest BCUT2D eigenvalue weighted by Crippen LogP contribution is -2.37. The lowest BCUT2D eigenvalue weighted by molar-refractivity contribution is -0.137. The minimum Gasteiger partial charge on any atom is -0.297 e. The van der Waals surface area contributed by atoms with Gasteiger partial charge in [-0.3, -0.25) is 4.90 Å². The summed E-state index contributed by atoms with van der Waals surface area (Å²) in [6, 6.07) is 11.4. The monoisotopic (exact) mass is 462 g/mol. The van der Waals surface area contributed by atoms with Crippen molar-refractivity contribution in [2.24, 2.45) is 0 Å². The molecule has 168 valence electrons. The summed E-state index contributed by atoms with van der Waals surface area (Å²) in [5, 5.41) is 0. The molecule has 4 rings (SSSR count). The molecule has 3 aromatic rings. The summed E-state index contributed by atoms with van der Waals surface area (Å²) >= 11 is 0. The van der Waals surface area contributed by atoms with E-state index in [1.807, 2.05) is 24.3 Å². The quantitative estimate of drug-likeness (QED) is 0.605. The molecular formula is C22H21F3N4O2S. The molecule has 10 heteroatoms. The normalized spacial score (nSPS) is 17.5. The average Bonchev–Trinajstić information content (AvgIpc) is 3.20. The molecule has 6 nitrogen and oxygen atoms in total. The van der Waals surface area contributed by atoms with Crippen LogP contribution in [0.1, 0.15) is 17.5 Å². The molecule has 0 saturated carbocycles. The maximum atomic E-state index is 12.9. The highest BCUT2D eigenvalue weighted by atomic mass is 32.2. The van der Waals surface area contributed by atoms with Crippen molar-refractivity contribution in [2.75, 3.05) is 13.1 Å². The number of sulfonamides is 1. The van der Waals surface area contributed by atoms with Gasteiger partial charge in [-0.2, -0.15) is 13.2 Å². The number of aromatic nitrogens is 2. The van der Waals surface area contributed by atoms with Crippen molar-refractivity contribution in [1.29, 1.82) is 0 Å². The molecule has 1 aliphatic heterocycles. The molecule has 1 fully saturated rings. The van der Waals surface area contributed by atoms with E-state index in [0.717, 1.165) is 28.8 Å². The number of rotatable bonds is 6. The largest absolute Gasteiger partial charge is 0.416 e. The van der Waals surface area contributed by atoms with Crippen molar-refractivity contribution in [2.45, 2.75) is 30.1 Å². The minimum atomic E-state index is -4.60. The molecule has 2 heterocycles. The van der Waals surface area contributed by atoms with Gasteiger partial charge in [-0.1, -0.05) is 30.3 Å². The van der Waals surface area contributed by atoms with Gasteiger partial charge in [0, 0.05) is 43.6 Å². The minimum absolute atomic E-state index is 0.365. The number of halogens is 3. The predicted molar refractivity (Wildman–Crippen MR) is 113 cm³/mol. The number of likely N-dealkylation sites (tertiary alicyclic amines) is 1. The Labute approximate surface area is 184 Å². The summed E-state index contributed by atoms with van der Waals surface area (Å²) in [6.45, 7) is 1.81. The molecule has 0 unspecified atom stereocenters. The van der Waals surface area contributed by atoms with E-state index < -0.39 is 21.8 Å². The van der Waals surface area contributed by atoms with Gasteiger partial charge in [0.25, 0.3) is 0 Å². The lowest BCUT2D eigenvalue weighted by Gasteiger charge is -2.17. The maximum absolute atomic E-state index is 12.9. The van der Waals surface area contributed by atoms with Gasteiger partial charge in [0.05, 0.1) is 10.5 Å². The first-order chi connectivity index (χ1) is 15.2. The number of hydrogen-bond donors (Lipinski definition) is 1. The fourth-order valence-corrected chi connectivity index (χ4v) is 5.02. The highest BCUT2D eigenvalue weighted by Crippen LogP contribution is 2.30. The predicted octanol–water partition coefficient (Wildman–Crippen LogP) is 3.72. The van der Waals surface area contributed by atoms with Crippen LogP contribution in [0.25, 0.3) is 11.1 Å². The van der Waals surface area contributed by atoms with Crippen LogP contribution in [0.2, 0.25) is 0 Å². The number of nitrogens with one attached hydrogen (secondary N) is 1. The molecule has 1 atom stereocenters. The second-order valence-electron chi connectivity index (χ2n) is 7.69. The van der Waals surface area contributed by atoms with Crippen LogP contribution < -0.4 is 4.72 Å². The van der Waals surface area contributed by atoms with Crippen molar-refractivity contribution >= 4 is 10.0 Å². The molecule has 0 spiro atoms. The van der Waals surface area contributed by atoms with Gasteiger partial charge in [0.15, 0.2) is 0 Å². The van der Waals surface area contributed by atoms with Crippen molar-refractivity contribution < 1.29 is 21.6 Å². The van der Waals surface area contributed by atoms with Crippen LogP contribution in [0, 0.1) is 0 Å². The van der Waals surface area contributed by atoms with E-state index in [9.17, 15) is 21.6 Å². The Kier molecular flexibility index (Phi) is 6.27. The van der Waals surface area contributed by atoms with E-state index in [4.69, 9.17) is 0 Å². The first-order valence-corrected chi connectivity index (χ1v) is 11.5. The smallest absolute Gasteiger partial charge is 0.297 e. The van der Waals surface area contributed by atoms with E-state index in [2.05, 4.69) is 19.6 Å². The number of benzene rings is 2. The highest BCUT2D eigenvalue weighted by Gasteiger charge is 2.33. The Balaban J connectivity index is 1.37. The molecule has 0 radical (unpaired) electrons. The third kappa shape index (κ3) is 5.32. The van der Waals surface area contributed by atoms with E-state index >= 15 is 0 Å². The van der Waals surface area contributed by atoms with Gasteiger partial charge in [-0.15, -0.1) is 0 Å². The molecule has 0 amide bonds. The number of hydrogen-bond acceptors (Lipinski definition) is 5. The Bertz CT molecular complexity index is 1170. The Morgan fingerprint density at radius 3 is 2.44 bits per heavy atom. The zero-order chi connectivity index (χ0) is 22.8. The molecule has 2 aromatic carbocycles. The van der Waals surface area contributed by atoms with Crippen molar-refractivity contribution in [3.8, 4) is 11.1 Å². The summed E-state index contributed by atoms with van der Waals surface area (Å²) in [6.07, 6.45) is 0.937. The fourth-order valence-electron chi connectivity index (χ4n) is 3.71. The number of nitrogens with zero attached hydrogens (tertiary/aromatic N) is 3. The van der Waals surface area contributed by atoms with E-state index in [1.165, 1.54) is 12.4 Å². The Morgan fingerprint density at radius 1 is 1.03 bits per heavy atom. The van der Waals surface area contributed by atoms with Crippen LogP contribution >= 0.6 is 0 Å². The van der Waals surface area contributed by atoms with Crippen LogP contribution in [0.5, 0.6) is 0 Å². The molecule has 0 aliphatic carbocycles. The van der Waals surface area contributed by atoms with Gasteiger partial charge in [0.1, 0.15) is 6.33 Å². The zero-order valence-electron chi connectivity index (χ0n) is 17.0. The molecule has 1 N–H and O–H groups in total. The zero-order valence-corrected chi connectivity index (χ0v) is 17.8. The molecule has 0 bridgehead atoms. The summed E-state index contributed by atoms with van der Waals surface area (Å²) in [5.74, 6) is 0. The highest BCUT2D eigenvalue weighted by molar-refractivity contribution is 7.89. The second kappa shape index (κ2) is 8.97. The average molecular weight is 462 g/mol. The van der Waals surface area contributed by atoms with Crippen LogP contribution in [0.4, 0.5) is 13.2 Å². The van der Waals surface area contributed by atoms with Gasteiger partial charge in [0.2, 0.25) is 10.0 Å². The topological polar surface area (TPSA) is 75.2 Å². The molecular weight excluding hydrogens is 441 g/mol. The third-order valence-electron chi connectivity index (χ3n) is 5.32. The van der Waals surface area contributed by atoms with Gasteiger partial charge < -0.3 is 0 Å². The summed E-state index contributed by atoms with van der Waals surface area (Å²) in [5.41, 5.74) is 2.01. The van der Waals surface area contributed by atoms with E-state index in [0.29, 0.717) is 32.1 Å². The number of alkyl halides is 3. The summed E-state index contributed by atoms with van der Waals surface area (Å²) in [7, 11) is -4.05. The van der Waals surface area contributed by atoms with E-state index in [-0.39, 0.29) is 10.9 Å². The molecule has 32 heavy (non-hydrogen) atoms. The van der Waals surface area contributed by atoms with Crippen LogP contribution in [0.3, 0.4) is 0 Å². The lowest BCUT2D eigenvalue weighted by atomic mass is 10.1. The van der Waals surface area contributed by atoms with Gasteiger partial charge in [-0.05, 0) is 35.7 Å². The first-order valence-electron chi connectivity index (χ1n) is 9.97. The summed E-state index contributed by atoms with van der Waals surface area (Å²) in [4.78, 5) is 9.75. The second-order valence-corrected chi connectivity index (χ2v) is 9.41. The van der Waals surface area contributed by atoms with Crippen LogP contribution in [-0.2, 0) is 22.7 Å². The fraction of sp³-hybridized carbons (Fsp3) is 0.273. The standard InChI is InChI=1S/C22H21F3N4O2S/c23-22(24,25)19-2-1-3-21(10-19)32(30,31)28-20-8-9-29(14-20)13-16-4-6-17(7-5-16)18-11-26-15-27-12-18/h1-7,10-12,15,20,28H,8-9,13-14H2/t20-/m1/s1.